The van der Waals surface area contributed by atoms with Crippen LogP contribution < -0.4 is 16.4 Å². The Morgan fingerprint density at radius 2 is 2.11 bits per heavy atom. The molecule has 2 rings (SSSR count). The first kappa shape index (κ1) is 12.4. The fourth-order valence-corrected chi connectivity index (χ4v) is 1.70. The van der Waals surface area contributed by atoms with E-state index in [0.29, 0.717) is 17.3 Å². The molecule has 0 heterocycles. The lowest BCUT2D eigenvalue weighted by Gasteiger charge is -2.08. The summed E-state index contributed by atoms with van der Waals surface area (Å²) in [6.07, 6.45) is 2.08. The highest BCUT2D eigenvalue weighted by atomic mass is 16.2. The van der Waals surface area contributed by atoms with Crippen molar-refractivity contribution in [1.29, 1.82) is 0 Å². The third kappa shape index (κ3) is 3.23. The maximum Gasteiger partial charge on any atom is 0.251 e. The average Bonchev–Trinajstić information content (AvgIpc) is 3.10. The summed E-state index contributed by atoms with van der Waals surface area (Å²) in [5.74, 6) is -0.391. The van der Waals surface area contributed by atoms with E-state index in [0.717, 1.165) is 18.4 Å². The first-order chi connectivity index (χ1) is 8.56. The Morgan fingerprint density at radius 3 is 2.72 bits per heavy atom. The van der Waals surface area contributed by atoms with E-state index < -0.39 is 0 Å². The predicted octanol–water partition coefficient (Wildman–Crippen LogP) is 0.586. The number of hydrogen-bond donors (Lipinski definition) is 3. The number of hydrogen-bond acceptors (Lipinski definition) is 3. The third-order valence-corrected chi connectivity index (χ3v) is 2.85. The number of carbonyl (C=O) groups is 2. The molecule has 1 aliphatic carbocycles. The van der Waals surface area contributed by atoms with Crippen LogP contribution in [-0.4, -0.2) is 24.4 Å². The normalized spacial score (nSPS) is 14.1. The van der Waals surface area contributed by atoms with E-state index in [9.17, 15) is 9.59 Å². The summed E-state index contributed by atoms with van der Waals surface area (Å²) in [5.41, 5.74) is 7.58. The quantitative estimate of drug-likeness (QED) is 0.681. The van der Waals surface area contributed by atoms with Gasteiger partial charge in [-0.3, -0.25) is 9.59 Å². The number of anilines is 1. The Labute approximate surface area is 106 Å². The highest BCUT2D eigenvalue weighted by Crippen LogP contribution is 2.18. The minimum absolute atomic E-state index is 0.0130. The maximum atomic E-state index is 11.9. The zero-order valence-electron chi connectivity index (χ0n) is 10.3. The van der Waals surface area contributed by atoms with Gasteiger partial charge in [0.2, 0.25) is 5.91 Å². The van der Waals surface area contributed by atoms with Gasteiger partial charge in [-0.2, -0.15) is 0 Å². The second-order valence-electron chi connectivity index (χ2n) is 4.60. The van der Waals surface area contributed by atoms with Gasteiger partial charge in [-0.15, -0.1) is 0 Å². The van der Waals surface area contributed by atoms with Crippen LogP contribution in [0.25, 0.3) is 0 Å². The van der Waals surface area contributed by atoms with E-state index in [1.54, 1.807) is 18.2 Å². The molecule has 0 atom stereocenters. The molecule has 1 fully saturated rings. The molecule has 18 heavy (non-hydrogen) atoms. The summed E-state index contributed by atoms with van der Waals surface area (Å²) in [5, 5.41) is 5.41. The summed E-state index contributed by atoms with van der Waals surface area (Å²) in [6.45, 7) is 1.83. The summed E-state index contributed by atoms with van der Waals surface area (Å²) >= 11 is 0. The van der Waals surface area contributed by atoms with Crippen molar-refractivity contribution in [2.75, 3.05) is 12.3 Å². The second kappa shape index (κ2) is 5.08. The molecule has 0 saturated heterocycles. The van der Waals surface area contributed by atoms with Gasteiger partial charge in [0.15, 0.2) is 0 Å². The van der Waals surface area contributed by atoms with E-state index >= 15 is 0 Å². The van der Waals surface area contributed by atoms with Crippen molar-refractivity contribution in [2.45, 2.75) is 25.8 Å². The fourth-order valence-electron chi connectivity index (χ4n) is 1.70. The van der Waals surface area contributed by atoms with Crippen molar-refractivity contribution >= 4 is 17.5 Å². The number of rotatable bonds is 4. The monoisotopic (exact) mass is 247 g/mol. The molecule has 5 heteroatoms. The zero-order chi connectivity index (χ0) is 13.1. The predicted molar refractivity (Wildman–Crippen MR) is 69.1 cm³/mol. The average molecular weight is 247 g/mol. The highest BCUT2D eigenvalue weighted by Gasteiger charge is 2.23. The van der Waals surface area contributed by atoms with Gasteiger partial charge in [0.05, 0.1) is 6.54 Å². The third-order valence-electron chi connectivity index (χ3n) is 2.85. The Balaban J connectivity index is 1.88. The molecular weight excluding hydrogens is 230 g/mol. The molecule has 0 unspecified atom stereocenters. The molecule has 0 aromatic heterocycles. The molecule has 96 valence electrons. The molecule has 0 bridgehead atoms. The molecule has 1 aromatic carbocycles. The number of aryl methyl sites for hydroxylation is 1. The van der Waals surface area contributed by atoms with Crippen LogP contribution in [0.2, 0.25) is 0 Å². The molecule has 5 nitrogen and oxygen atoms in total. The minimum atomic E-state index is -0.251. The summed E-state index contributed by atoms with van der Waals surface area (Å²) in [4.78, 5) is 23.3. The van der Waals surface area contributed by atoms with Crippen molar-refractivity contribution in [3.05, 3.63) is 29.3 Å². The van der Waals surface area contributed by atoms with Crippen LogP contribution in [0.15, 0.2) is 18.2 Å². The minimum Gasteiger partial charge on any atom is -0.399 e. The summed E-state index contributed by atoms with van der Waals surface area (Å²) in [6, 6.07) is 5.39. The van der Waals surface area contributed by atoms with Crippen molar-refractivity contribution < 1.29 is 9.59 Å². The maximum absolute atomic E-state index is 11.9. The SMILES string of the molecule is Cc1cc(N)ccc1C(=O)NCC(=O)NC1CC1. The number of nitrogens with two attached hydrogens (primary N) is 1. The highest BCUT2D eigenvalue weighted by molar-refractivity contribution is 5.98. The fraction of sp³-hybridized carbons (Fsp3) is 0.385. The lowest BCUT2D eigenvalue weighted by Crippen LogP contribution is -2.38. The van der Waals surface area contributed by atoms with Crippen molar-refractivity contribution in [3.8, 4) is 0 Å². The van der Waals surface area contributed by atoms with Crippen LogP contribution in [-0.2, 0) is 4.79 Å². The first-order valence-electron chi connectivity index (χ1n) is 6.00. The Kier molecular flexibility index (Phi) is 3.50. The number of carbonyl (C=O) groups excluding carboxylic acids is 2. The van der Waals surface area contributed by atoms with Crippen LogP contribution in [0.4, 0.5) is 5.69 Å². The number of amides is 2. The molecule has 2 amide bonds. The van der Waals surface area contributed by atoms with Crippen molar-refractivity contribution in [3.63, 3.8) is 0 Å². The standard InChI is InChI=1S/C13H17N3O2/c1-8-6-9(14)2-5-11(8)13(18)15-7-12(17)16-10-3-4-10/h2,5-6,10H,3-4,7,14H2,1H3,(H,15,18)(H,16,17). The zero-order valence-corrected chi connectivity index (χ0v) is 10.3. The van der Waals surface area contributed by atoms with Crippen molar-refractivity contribution in [2.24, 2.45) is 0 Å². The topological polar surface area (TPSA) is 84.2 Å². The Hall–Kier alpha value is -2.04. The van der Waals surface area contributed by atoms with Gasteiger partial charge in [-0.05, 0) is 43.5 Å². The van der Waals surface area contributed by atoms with Gasteiger partial charge >= 0.3 is 0 Å². The first-order valence-corrected chi connectivity index (χ1v) is 6.00. The van der Waals surface area contributed by atoms with Crippen LogP contribution in [0.3, 0.4) is 0 Å². The van der Waals surface area contributed by atoms with Crippen LogP contribution in [0, 0.1) is 6.92 Å². The lowest BCUT2D eigenvalue weighted by atomic mass is 10.1. The largest absolute Gasteiger partial charge is 0.399 e. The van der Waals surface area contributed by atoms with Gasteiger partial charge in [0.25, 0.3) is 5.91 Å². The molecule has 0 radical (unpaired) electrons. The van der Waals surface area contributed by atoms with E-state index in [-0.39, 0.29) is 18.4 Å². The summed E-state index contributed by atoms with van der Waals surface area (Å²) < 4.78 is 0. The molecule has 1 saturated carbocycles. The van der Waals surface area contributed by atoms with Crippen molar-refractivity contribution in [1.82, 2.24) is 10.6 Å². The van der Waals surface area contributed by atoms with Gasteiger partial charge in [-0.25, -0.2) is 0 Å². The van der Waals surface area contributed by atoms with Gasteiger partial charge in [-0.1, -0.05) is 0 Å². The smallest absolute Gasteiger partial charge is 0.251 e. The van der Waals surface area contributed by atoms with Crippen LogP contribution in [0.5, 0.6) is 0 Å². The van der Waals surface area contributed by atoms with E-state index in [4.69, 9.17) is 5.73 Å². The molecular formula is C13H17N3O2. The molecule has 1 aliphatic rings. The van der Waals surface area contributed by atoms with E-state index in [1.165, 1.54) is 0 Å². The van der Waals surface area contributed by atoms with Gasteiger partial charge < -0.3 is 16.4 Å². The summed E-state index contributed by atoms with van der Waals surface area (Å²) in [7, 11) is 0. The Bertz CT molecular complexity index is 481. The van der Waals surface area contributed by atoms with Crippen LogP contribution in [0.1, 0.15) is 28.8 Å². The van der Waals surface area contributed by atoms with Gasteiger partial charge in [0, 0.05) is 17.3 Å². The second-order valence-corrected chi connectivity index (χ2v) is 4.60. The molecule has 0 aliphatic heterocycles. The van der Waals surface area contributed by atoms with Crippen LogP contribution >= 0.6 is 0 Å². The molecule has 1 aromatic rings. The Morgan fingerprint density at radius 1 is 1.39 bits per heavy atom. The number of nitrogen functional groups attached to an aromatic ring is 1. The number of benzene rings is 1. The number of nitrogens with one attached hydrogen (secondary N) is 2. The molecule has 0 spiro atoms. The van der Waals surface area contributed by atoms with Gasteiger partial charge in [0.1, 0.15) is 0 Å². The molecule has 4 N–H and O–H groups in total. The lowest BCUT2D eigenvalue weighted by molar-refractivity contribution is -0.120. The van der Waals surface area contributed by atoms with E-state index in [1.807, 2.05) is 6.92 Å². The van der Waals surface area contributed by atoms with E-state index in [2.05, 4.69) is 10.6 Å².